The van der Waals surface area contributed by atoms with E-state index in [-0.39, 0.29) is 33.0 Å². The predicted molar refractivity (Wildman–Crippen MR) is 89.6 cm³/mol. The van der Waals surface area contributed by atoms with Crippen LogP contribution in [0.15, 0.2) is 36.4 Å². The van der Waals surface area contributed by atoms with E-state index in [1.54, 1.807) is 31.4 Å². The van der Waals surface area contributed by atoms with Crippen molar-refractivity contribution in [1.29, 1.82) is 0 Å². The molecule has 1 aliphatic heterocycles. The summed E-state index contributed by atoms with van der Waals surface area (Å²) in [6.07, 6.45) is 0.0769. The topological polar surface area (TPSA) is 63.2 Å². The minimum Gasteiger partial charge on any atom is -0.497 e. The van der Waals surface area contributed by atoms with Crippen LogP contribution < -0.4 is 14.2 Å². The number of benzene rings is 2. The highest BCUT2D eigenvalue weighted by Gasteiger charge is 2.18. The van der Waals surface area contributed by atoms with Gasteiger partial charge in [0.25, 0.3) is 0 Å². The van der Waals surface area contributed by atoms with Crippen LogP contribution in [0.4, 0.5) is 4.39 Å². The van der Waals surface area contributed by atoms with E-state index in [0.717, 1.165) is 5.75 Å². The molecule has 0 atom stereocenters. The summed E-state index contributed by atoms with van der Waals surface area (Å²) >= 11 is 0. The monoisotopic (exact) mass is 362 g/mol. The summed E-state index contributed by atoms with van der Waals surface area (Å²) in [6.45, 7) is 0.469. The molecule has 0 N–H and O–H groups in total. The summed E-state index contributed by atoms with van der Waals surface area (Å²) in [5, 5.41) is 0. The number of fused-ring (bicyclic) bond motifs is 1. The van der Waals surface area contributed by atoms with Gasteiger partial charge in [-0.05, 0) is 36.4 Å². The lowest BCUT2D eigenvalue weighted by Crippen LogP contribution is -2.15. The highest BCUT2D eigenvalue weighted by Crippen LogP contribution is 2.30. The van der Waals surface area contributed by atoms with E-state index in [1.165, 1.54) is 12.1 Å². The summed E-state index contributed by atoms with van der Waals surface area (Å²) < 4.78 is 39.9. The van der Waals surface area contributed by atoms with Gasteiger partial charge >= 0.3 is 5.97 Å². The molecule has 0 fully saturated rings. The predicted octanol–water partition coefficient (Wildman–Crippen LogP) is 3.21. The van der Waals surface area contributed by atoms with E-state index in [9.17, 15) is 9.18 Å². The second kappa shape index (κ2) is 8.53. The molecular formula is C19H19FO6. The molecule has 26 heavy (non-hydrogen) atoms. The molecule has 138 valence electrons. The molecule has 0 aromatic heterocycles. The van der Waals surface area contributed by atoms with Gasteiger partial charge in [-0.15, -0.1) is 0 Å². The zero-order valence-electron chi connectivity index (χ0n) is 14.3. The summed E-state index contributed by atoms with van der Waals surface area (Å²) in [6, 6.07) is 9.69. The summed E-state index contributed by atoms with van der Waals surface area (Å²) in [4.78, 5) is 11.9. The van der Waals surface area contributed by atoms with Crippen molar-refractivity contribution in [2.45, 2.75) is 19.6 Å². The van der Waals surface area contributed by atoms with Gasteiger partial charge in [0.2, 0.25) is 0 Å². The lowest BCUT2D eigenvalue weighted by molar-refractivity contribution is -0.145. The molecule has 7 heteroatoms. The lowest BCUT2D eigenvalue weighted by atomic mass is 10.1. The average molecular weight is 362 g/mol. The van der Waals surface area contributed by atoms with Crippen LogP contribution in [0.2, 0.25) is 0 Å². The maximum Gasteiger partial charge on any atom is 0.309 e. The highest BCUT2D eigenvalue weighted by molar-refractivity contribution is 5.69. The molecule has 0 bridgehead atoms. The molecule has 1 heterocycles. The van der Waals surface area contributed by atoms with Crippen LogP contribution in [0.1, 0.15) is 17.5 Å². The van der Waals surface area contributed by atoms with Crippen LogP contribution >= 0.6 is 0 Å². The first-order valence-corrected chi connectivity index (χ1v) is 8.10. The van der Waals surface area contributed by atoms with Crippen molar-refractivity contribution in [3.8, 4) is 17.2 Å². The minimum absolute atomic E-state index is 0.0680. The second-order valence-corrected chi connectivity index (χ2v) is 5.60. The maximum atomic E-state index is 13.6. The van der Waals surface area contributed by atoms with Gasteiger partial charge in [0.1, 0.15) is 29.7 Å². The Hall–Kier alpha value is -2.80. The first-order valence-electron chi connectivity index (χ1n) is 8.10. The number of esters is 1. The lowest BCUT2D eigenvalue weighted by Gasteiger charge is -2.20. The average Bonchev–Trinajstić information content (AvgIpc) is 2.66. The zero-order chi connectivity index (χ0) is 18.4. The van der Waals surface area contributed by atoms with Crippen molar-refractivity contribution in [2.24, 2.45) is 0 Å². The van der Waals surface area contributed by atoms with Crippen molar-refractivity contribution < 1.29 is 32.9 Å². The Balaban J connectivity index is 1.47. The van der Waals surface area contributed by atoms with Crippen molar-refractivity contribution in [1.82, 2.24) is 0 Å². The van der Waals surface area contributed by atoms with Crippen LogP contribution in [-0.4, -0.2) is 26.5 Å². The van der Waals surface area contributed by atoms with E-state index >= 15 is 0 Å². The van der Waals surface area contributed by atoms with E-state index in [0.29, 0.717) is 22.6 Å². The molecule has 6 nitrogen and oxygen atoms in total. The third-order valence-corrected chi connectivity index (χ3v) is 3.77. The Bertz CT molecular complexity index is 759. The van der Waals surface area contributed by atoms with Crippen LogP contribution in [0, 0.1) is 5.82 Å². The van der Waals surface area contributed by atoms with Gasteiger partial charge < -0.3 is 23.7 Å². The fourth-order valence-electron chi connectivity index (χ4n) is 2.52. The fraction of sp³-hybridized carbons (Fsp3) is 0.316. The van der Waals surface area contributed by atoms with E-state index in [4.69, 9.17) is 23.7 Å². The van der Waals surface area contributed by atoms with Crippen molar-refractivity contribution in [3.05, 3.63) is 53.3 Å². The fourth-order valence-corrected chi connectivity index (χ4v) is 2.52. The number of halogens is 1. The first kappa shape index (κ1) is 18.0. The van der Waals surface area contributed by atoms with Crippen molar-refractivity contribution in [3.63, 3.8) is 0 Å². The Kier molecular flexibility index (Phi) is 5.91. The van der Waals surface area contributed by atoms with Crippen LogP contribution in [-0.2, 0) is 27.5 Å². The molecule has 0 amide bonds. The number of hydrogen-bond donors (Lipinski definition) is 0. The highest BCUT2D eigenvalue weighted by atomic mass is 19.1. The Labute approximate surface area is 150 Å². The van der Waals surface area contributed by atoms with Gasteiger partial charge in [-0.1, -0.05) is 0 Å². The summed E-state index contributed by atoms with van der Waals surface area (Å²) in [5.74, 6) is 1.00. The molecule has 2 aromatic rings. The van der Waals surface area contributed by atoms with Crippen molar-refractivity contribution in [2.75, 3.05) is 20.5 Å². The smallest absolute Gasteiger partial charge is 0.309 e. The Morgan fingerprint density at radius 2 is 1.96 bits per heavy atom. The summed E-state index contributed by atoms with van der Waals surface area (Å²) in [5.41, 5.74) is 1.08. The van der Waals surface area contributed by atoms with Crippen LogP contribution in [0.3, 0.4) is 0 Å². The standard InChI is InChI=1S/C19H19FO6/c1-22-16-2-4-17(5-3-16)24-7-6-18(21)25-11-14-9-15(20)8-13-10-23-12-26-19(13)14/h2-5,8-9H,6-7,10-12H2,1H3. The second-order valence-electron chi connectivity index (χ2n) is 5.60. The number of rotatable bonds is 7. The Morgan fingerprint density at radius 1 is 1.19 bits per heavy atom. The molecule has 0 radical (unpaired) electrons. The van der Waals surface area contributed by atoms with Gasteiger partial charge in [0.05, 0.1) is 26.7 Å². The van der Waals surface area contributed by atoms with Gasteiger partial charge in [-0.25, -0.2) is 4.39 Å². The van der Waals surface area contributed by atoms with Gasteiger partial charge in [0, 0.05) is 11.1 Å². The number of carbonyl (C=O) groups excluding carboxylic acids is 1. The quantitative estimate of drug-likeness (QED) is 0.705. The number of carbonyl (C=O) groups is 1. The molecule has 0 saturated heterocycles. The van der Waals surface area contributed by atoms with Gasteiger partial charge in [0.15, 0.2) is 6.79 Å². The normalized spacial score (nSPS) is 12.7. The van der Waals surface area contributed by atoms with Crippen molar-refractivity contribution >= 4 is 5.97 Å². The number of ether oxygens (including phenoxy) is 5. The third-order valence-electron chi connectivity index (χ3n) is 3.77. The molecule has 2 aromatic carbocycles. The van der Waals surface area contributed by atoms with E-state index in [1.807, 2.05) is 0 Å². The van der Waals surface area contributed by atoms with E-state index < -0.39 is 11.8 Å². The third kappa shape index (κ3) is 4.64. The van der Waals surface area contributed by atoms with Gasteiger partial charge in [-0.2, -0.15) is 0 Å². The molecule has 0 spiro atoms. The van der Waals surface area contributed by atoms with Crippen LogP contribution in [0.25, 0.3) is 0 Å². The Morgan fingerprint density at radius 3 is 2.73 bits per heavy atom. The first-order chi connectivity index (χ1) is 12.7. The molecule has 0 saturated carbocycles. The zero-order valence-corrected chi connectivity index (χ0v) is 14.3. The molecule has 0 aliphatic carbocycles. The van der Waals surface area contributed by atoms with Crippen LogP contribution in [0.5, 0.6) is 17.2 Å². The molecule has 0 unspecified atom stereocenters. The maximum absolute atomic E-state index is 13.6. The molecule has 3 rings (SSSR count). The summed E-state index contributed by atoms with van der Waals surface area (Å²) in [7, 11) is 1.58. The SMILES string of the molecule is COc1ccc(OCCC(=O)OCc2cc(F)cc3c2OCOC3)cc1. The number of methoxy groups -OCH3 is 1. The molecule has 1 aliphatic rings. The van der Waals surface area contributed by atoms with E-state index in [2.05, 4.69) is 0 Å². The van der Waals surface area contributed by atoms with Gasteiger partial charge in [-0.3, -0.25) is 4.79 Å². The largest absolute Gasteiger partial charge is 0.497 e. The molecular weight excluding hydrogens is 343 g/mol. The number of hydrogen-bond acceptors (Lipinski definition) is 6. The minimum atomic E-state index is -0.441.